The molecule has 1 aromatic rings. The van der Waals surface area contributed by atoms with Crippen LogP contribution < -0.4 is 10.1 Å². The molecule has 0 radical (unpaired) electrons. The summed E-state index contributed by atoms with van der Waals surface area (Å²) in [5, 5.41) is 12.3. The van der Waals surface area contributed by atoms with Crippen molar-refractivity contribution in [2.24, 2.45) is 5.92 Å². The van der Waals surface area contributed by atoms with E-state index in [1.165, 1.54) is 0 Å². The lowest BCUT2D eigenvalue weighted by molar-refractivity contribution is 0.0871. The summed E-state index contributed by atoms with van der Waals surface area (Å²) in [5.41, 5.74) is 1.52. The number of carbonyl (C=O) groups excluding carboxylic acids is 1. The van der Waals surface area contributed by atoms with E-state index in [9.17, 15) is 9.90 Å². The number of nitrogens with one attached hydrogen (secondary N) is 1. The number of hydrogen-bond acceptors (Lipinski definition) is 3. The lowest BCUT2D eigenvalue weighted by Gasteiger charge is -2.15. The second kappa shape index (κ2) is 6.40. The standard InChI is InChI=1S/C14H21NO3/c1-9(2)12(16)8-15-14(17)11-6-5-10(3)13(7-11)18-4/h5-7,9,12,16H,8H2,1-4H3,(H,15,17). The van der Waals surface area contributed by atoms with Crippen LogP contribution in [0.15, 0.2) is 18.2 Å². The Labute approximate surface area is 108 Å². The molecule has 0 fully saturated rings. The monoisotopic (exact) mass is 251 g/mol. The molecule has 1 aromatic carbocycles. The van der Waals surface area contributed by atoms with Gasteiger partial charge in [-0.25, -0.2) is 0 Å². The largest absolute Gasteiger partial charge is 0.496 e. The van der Waals surface area contributed by atoms with Crippen LogP contribution in [0.25, 0.3) is 0 Å². The molecule has 1 amide bonds. The minimum absolute atomic E-state index is 0.123. The first-order chi connectivity index (χ1) is 8.45. The number of ether oxygens (including phenoxy) is 1. The van der Waals surface area contributed by atoms with Crippen molar-refractivity contribution in [3.63, 3.8) is 0 Å². The second-order valence-electron chi connectivity index (χ2n) is 4.71. The molecule has 100 valence electrons. The van der Waals surface area contributed by atoms with Crippen LogP contribution >= 0.6 is 0 Å². The zero-order chi connectivity index (χ0) is 13.7. The van der Waals surface area contributed by atoms with E-state index < -0.39 is 6.10 Å². The van der Waals surface area contributed by atoms with Gasteiger partial charge in [0.25, 0.3) is 5.91 Å². The predicted molar refractivity (Wildman–Crippen MR) is 70.9 cm³/mol. The van der Waals surface area contributed by atoms with Crippen molar-refractivity contribution in [3.05, 3.63) is 29.3 Å². The highest BCUT2D eigenvalue weighted by atomic mass is 16.5. The Morgan fingerprint density at radius 2 is 2.11 bits per heavy atom. The molecule has 1 rings (SSSR count). The highest BCUT2D eigenvalue weighted by Crippen LogP contribution is 2.18. The molecule has 1 unspecified atom stereocenters. The summed E-state index contributed by atoms with van der Waals surface area (Å²) in [4.78, 5) is 11.9. The van der Waals surface area contributed by atoms with Crippen molar-refractivity contribution >= 4 is 5.91 Å². The molecule has 18 heavy (non-hydrogen) atoms. The van der Waals surface area contributed by atoms with Crippen LogP contribution in [-0.4, -0.2) is 30.8 Å². The first kappa shape index (κ1) is 14.5. The summed E-state index contributed by atoms with van der Waals surface area (Å²) in [5.74, 6) is 0.609. The number of hydrogen-bond donors (Lipinski definition) is 2. The van der Waals surface area contributed by atoms with E-state index in [4.69, 9.17) is 4.74 Å². The Morgan fingerprint density at radius 3 is 2.67 bits per heavy atom. The molecule has 0 aliphatic carbocycles. The molecular formula is C14H21NO3. The van der Waals surface area contributed by atoms with Gasteiger partial charge >= 0.3 is 0 Å². The van der Waals surface area contributed by atoms with Crippen molar-refractivity contribution in [1.82, 2.24) is 5.32 Å². The van der Waals surface area contributed by atoms with Crippen LogP contribution in [0.4, 0.5) is 0 Å². The van der Waals surface area contributed by atoms with E-state index in [2.05, 4.69) is 5.32 Å². The lowest BCUT2D eigenvalue weighted by Crippen LogP contribution is -2.34. The molecule has 0 aliphatic heterocycles. The van der Waals surface area contributed by atoms with E-state index in [1.807, 2.05) is 26.8 Å². The van der Waals surface area contributed by atoms with Crippen LogP contribution in [0, 0.1) is 12.8 Å². The third kappa shape index (κ3) is 3.74. The fraction of sp³-hybridized carbons (Fsp3) is 0.500. The average molecular weight is 251 g/mol. The van der Waals surface area contributed by atoms with Gasteiger partial charge in [-0.05, 0) is 30.5 Å². The van der Waals surface area contributed by atoms with Gasteiger partial charge in [0.05, 0.1) is 13.2 Å². The maximum atomic E-state index is 11.9. The van der Waals surface area contributed by atoms with Gasteiger partial charge in [-0.15, -0.1) is 0 Å². The number of rotatable bonds is 5. The Bertz CT molecular complexity index is 416. The molecule has 4 heteroatoms. The summed E-state index contributed by atoms with van der Waals surface area (Å²) < 4.78 is 5.17. The molecule has 0 aliphatic rings. The molecule has 2 N–H and O–H groups in total. The van der Waals surface area contributed by atoms with E-state index in [-0.39, 0.29) is 18.4 Å². The summed E-state index contributed by atoms with van der Waals surface area (Å²) in [6.45, 7) is 5.99. The van der Waals surface area contributed by atoms with Gasteiger partial charge in [0, 0.05) is 12.1 Å². The zero-order valence-electron chi connectivity index (χ0n) is 11.4. The summed E-state index contributed by atoms with van der Waals surface area (Å²) in [6.07, 6.45) is -0.527. The third-order valence-corrected chi connectivity index (χ3v) is 2.91. The molecule has 0 heterocycles. The van der Waals surface area contributed by atoms with Gasteiger partial charge in [-0.2, -0.15) is 0 Å². The Kier molecular flexibility index (Phi) is 5.16. The average Bonchev–Trinajstić information content (AvgIpc) is 2.35. The smallest absolute Gasteiger partial charge is 0.251 e. The minimum atomic E-state index is -0.527. The molecule has 4 nitrogen and oxygen atoms in total. The Morgan fingerprint density at radius 1 is 1.44 bits per heavy atom. The third-order valence-electron chi connectivity index (χ3n) is 2.91. The minimum Gasteiger partial charge on any atom is -0.496 e. The van der Waals surface area contributed by atoms with Gasteiger partial charge in [0.1, 0.15) is 5.75 Å². The van der Waals surface area contributed by atoms with Gasteiger partial charge in [-0.3, -0.25) is 4.79 Å². The number of aliphatic hydroxyl groups excluding tert-OH is 1. The van der Waals surface area contributed by atoms with Crippen molar-refractivity contribution in [2.75, 3.05) is 13.7 Å². The quantitative estimate of drug-likeness (QED) is 0.838. The highest BCUT2D eigenvalue weighted by molar-refractivity contribution is 5.94. The first-order valence-corrected chi connectivity index (χ1v) is 6.06. The van der Waals surface area contributed by atoms with Crippen LogP contribution in [0.3, 0.4) is 0 Å². The number of amides is 1. The molecule has 0 bridgehead atoms. The van der Waals surface area contributed by atoms with Gasteiger partial charge in [-0.1, -0.05) is 19.9 Å². The second-order valence-corrected chi connectivity index (χ2v) is 4.71. The topological polar surface area (TPSA) is 58.6 Å². The van der Waals surface area contributed by atoms with Crippen molar-refractivity contribution in [2.45, 2.75) is 26.9 Å². The van der Waals surface area contributed by atoms with E-state index in [0.717, 1.165) is 5.56 Å². The van der Waals surface area contributed by atoms with Crippen molar-refractivity contribution in [3.8, 4) is 5.75 Å². The van der Waals surface area contributed by atoms with E-state index in [1.54, 1.807) is 19.2 Å². The maximum absolute atomic E-state index is 11.9. The summed E-state index contributed by atoms with van der Waals surface area (Å²) in [7, 11) is 1.58. The number of aryl methyl sites for hydroxylation is 1. The van der Waals surface area contributed by atoms with Crippen molar-refractivity contribution in [1.29, 1.82) is 0 Å². The molecule has 0 spiro atoms. The number of carbonyl (C=O) groups is 1. The summed E-state index contributed by atoms with van der Waals surface area (Å²) in [6, 6.07) is 5.29. The molecule has 1 atom stereocenters. The SMILES string of the molecule is COc1cc(C(=O)NCC(O)C(C)C)ccc1C. The summed E-state index contributed by atoms with van der Waals surface area (Å²) >= 11 is 0. The lowest BCUT2D eigenvalue weighted by atomic mass is 10.1. The zero-order valence-corrected chi connectivity index (χ0v) is 11.4. The fourth-order valence-electron chi connectivity index (χ4n) is 1.50. The predicted octanol–water partition coefficient (Wildman–Crippen LogP) is 1.75. The first-order valence-electron chi connectivity index (χ1n) is 6.06. The van der Waals surface area contributed by atoms with E-state index >= 15 is 0 Å². The van der Waals surface area contributed by atoms with E-state index in [0.29, 0.717) is 11.3 Å². The Balaban J connectivity index is 2.67. The number of methoxy groups -OCH3 is 1. The normalized spacial score (nSPS) is 12.3. The highest BCUT2D eigenvalue weighted by Gasteiger charge is 2.12. The molecular weight excluding hydrogens is 230 g/mol. The Hall–Kier alpha value is -1.55. The number of aliphatic hydroxyl groups is 1. The van der Waals surface area contributed by atoms with Crippen LogP contribution in [0.2, 0.25) is 0 Å². The van der Waals surface area contributed by atoms with Gasteiger partial charge in [0.15, 0.2) is 0 Å². The van der Waals surface area contributed by atoms with Crippen LogP contribution in [0.5, 0.6) is 5.75 Å². The maximum Gasteiger partial charge on any atom is 0.251 e. The fourth-order valence-corrected chi connectivity index (χ4v) is 1.50. The number of benzene rings is 1. The van der Waals surface area contributed by atoms with Gasteiger partial charge in [0.2, 0.25) is 0 Å². The molecule has 0 saturated heterocycles. The van der Waals surface area contributed by atoms with Crippen LogP contribution in [0.1, 0.15) is 29.8 Å². The van der Waals surface area contributed by atoms with Gasteiger partial charge < -0.3 is 15.2 Å². The van der Waals surface area contributed by atoms with Crippen LogP contribution in [-0.2, 0) is 0 Å². The van der Waals surface area contributed by atoms with Crippen molar-refractivity contribution < 1.29 is 14.6 Å². The molecule has 0 saturated carbocycles. The molecule has 0 aromatic heterocycles.